The summed E-state index contributed by atoms with van der Waals surface area (Å²) in [6, 6.07) is 7.84. The molecule has 2 aromatic carbocycles. The number of allylic oxidation sites excluding steroid dienone is 2. The number of aromatic nitrogens is 1. The summed E-state index contributed by atoms with van der Waals surface area (Å²) < 4.78 is 12.0. The molecule has 1 aliphatic carbocycles. The van der Waals surface area contributed by atoms with Crippen LogP contribution in [0.5, 0.6) is 11.5 Å². The summed E-state index contributed by atoms with van der Waals surface area (Å²) in [5, 5.41) is 4.05. The van der Waals surface area contributed by atoms with Gasteiger partial charge in [0, 0.05) is 12.1 Å². The number of ether oxygens (including phenoxy) is 2. The number of thiazole rings is 1. The van der Waals surface area contributed by atoms with E-state index in [2.05, 4.69) is 16.4 Å². The topological polar surface area (TPSA) is 77.5 Å². The molecule has 0 bridgehead atoms. The Hall–Kier alpha value is -3.19. The van der Waals surface area contributed by atoms with Gasteiger partial charge in [0.1, 0.15) is 11.5 Å². The van der Waals surface area contributed by atoms with Crippen LogP contribution in [-0.2, 0) is 6.54 Å². The first-order valence-corrected chi connectivity index (χ1v) is 9.49. The molecular formula is C21H18N2O4S. The zero-order chi connectivity index (χ0) is 19.8. The third-order valence-electron chi connectivity index (χ3n) is 4.60. The summed E-state index contributed by atoms with van der Waals surface area (Å²) in [7, 11) is 2.97. The maximum Gasteiger partial charge on any atom is 0.190 e. The standard InChI is InChI=1S/C21H18N2O4S/c1-11-4-5-13-17(8-11)28-21(23-13)22-10-12-9-16(26-2)18-14(24)6-7-15(25)19(18)20(12)27-3/h4-9H,10H2,1-3H3,(H,22,23). The average molecular weight is 394 g/mol. The van der Waals surface area contributed by atoms with Gasteiger partial charge in [0.2, 0.25) is 0 Å². The largest absolute Gasteiger partial charge is 0.496 e. The Morgan fingerprint density at radius 1 is 1.04 bits per heavy atom. The van der Waals surface area contributed by atoms with Crippen molar-refractivity contribution in [3.05, 3.63) is 58.7 Å². The Balaban J connectivity index is 1.72. The van der Waals surface area contributed by atoms with E-state index in [1.165, 1.54) is 31.9 Å². The molecule has 1 aliphatic rings. The predicted molar refractivity (Wildman–Crippen MR) is 109 cm³/mol. The fourth-order valence-corrected chi connectivity index (χ4v) is 4.25. The van der Waals surface area contributed by atoms with Crippen molar-refractivity contribution in [3.63, 3.8) is 0 Å². The second-order valence-electron chi connectivity index (χ2n) is 6.43. The van der Waals surface area contributed by atoms with Gasteiger partial charge in [0.25, 0.3) is 0 Å². The highest BCUT2D eigenvalue weighted by Crippen LogP contribution is 2.38. The quantitative estimate of drug-likeness (QED) is 0.700. The first-order chi connectivity index (χ1) is 13.5. The number of aryl methyl sites for hydroxylation is 1. The molecule has 0 atom stereocenters. The molecule has 0 spiro atoms. The van der Waals surface area contributed by atoms with Crippen LogP contribution in [0.2, 0.25) is 0 Å². The second-order valence-corrected chi connectivity index (χ2v) is 7.46. The Bertz CT molecular complexity index is 1150. The number of hydrogen-bond acceptors (Lipinski definition) is 7. The molecule has 0 aliphatic heterocycles. The van der Waals surface area contributed by atoms with Crippen molar-refractivity contribution in [1.29, 1.82) is 0 Å². The summed E-state index contributed by atoms with van der Waals surface area (Å²) in [4.78, 5) is 29.3. The number of carbonyl (C=O) groups excluding carboxylic acids is 2. The number of carbonyl (C=O) groups is 2. The molecule has 0 fully saturated rings. The van der Waals surface area contributed by atoms with Crippen LogP contribution < -0.4 is 14.8 Å². The number of nitrogens with one attached hydrogen (secondary N) is 1. The number of benzene rings is 2. The Morgan fingerprint density at radius 3 is 2.50 bits per heavy atom. The van der Waals surface area contributed by atoms with Gasteiger partial charge in [0.15, 0.2) is 16.7 Å². The number of fused-ring (bicyclic) bond motifs is 2. The molecule has 6 nitrogen and oxygen atoms in total. The van der Waals surface area contributed by atoms with Gasteiger partial charge < -0.3 is 14.8 Å². The number of hydrogen-bond donors (Lipinski definition) is 1. The van der Waals surface area contributed by atoms with Crippen molar-refractivity contribution in [2.75, 3.05) is 19.5 Å². The molecular weight excluding hydrogens is 376 g/mol. The van der Waals surface area contributed by atoms with Crippen molar-refractivity contribution in [1.82, 2.24) is 4.98 Å². The van der Waals surface area contributed by atoms with Crippen molar-refractivity contribution in [3.8, 4) is 11.5 Å². The molecule has 0 saturated carbocycles. The highest BCUT2D eigenvalue weighted by molar-refractivity contribution is 7.22. The lowest BCUT2D eigenvalue weighted by molar-refractivity contribution is 0.0988. The lowest BCUT2D eigenvalue weighted by atomic mass is 9.90. The molecule has 28 heavy (non-hydrogen) atoms. The Kier molecular flexibility index (Phi) is 4.60. The van der Waals surface area contributed by atoms with Crippen LogP contribution in [0.1, 0.15) is 31.8 Å². The van der Waals surface area contributed by atoms with Crippen molar-refractivity contribution >= 4 is 38.3 Å². The fourth-order valence-electron chi connectivity index (χ4n) is 3.29. The van der Waals surface area contributed by atoms with Gasteiger partial charge in [0.05, 0.1) is 35.6 Å². The SMILES string of the molecule is COc1cc(CNc2nc3ccc(C)cc3s2)c(OC)c2c1C(=O)C=CC2=O. The van der Waals surface area contributed by atoms with Crippen LogP contribution in [0, 0.1) is 6.92 Å². The minimum absolute atomic E-state index is 0.242. The van der Waals surface area contributed by atoms with Gasteiger partial charge in [-0.1, -0.05) is 17.4 Å². The van der Waals surface area contributed by atoms with E-state index in [1.807, 2.05) is 19.1 Å². The first-order valence-electron chi connectivity index (χ1n) is 8.67. The van der Waals surface area contributed by atoms with E-state index in [9.17, 15) is 9.59 Å². The average Bonchev–Trinajstić information content (AvgIpc) is 3.10. The fraction of sp³-hybridized carbons (Fsp3) is 0.190. The zero-order valence-corrected chi connectivity index (χ0v) is 16.5. The van der Waals surface area contributed by atoms with Crippen LogP contribution in [0.25, 0.3) is 10.2 Å². The molecule has 0 amide bonds. The van der Waals surface area contributed by atoms with E-state index < -0.39 is 0 Å². The normalized spacial score (nSPS) is 13.0. The van der Waals surface area contributed by atoms with Gasteiger partial charge in [-0.25, -0.2) is 4.98 Å². The third-order valence-corrected chi connectivity index (χ3v) is 5.57. The van der Waals surface area contributed by atoms with Crippen molar-refractivity contribution in [2.45, 2.75) is 13.5 Å². The number of anilines is 1. The van der Waals surface area contributed by atoms with Crippen LogP contribution in [0.3, 0.4) is 0 Å². The van der Waals surface area contributed by atoms with E-state index in [-0.39, 0.29) is 22.7 Å². The Labute approximate surface area is 165 Å². The van der Waals surface area contributed by atoms with E-state index in [0.717, 1.165) is 15.3 Å². The van der Waals surface area contributed by atoms with E-state index >= 15 is 0 Å². The number of ketones is 2. The highest BCUT2D eigenvalue weighted by Gasteiger charge is 2.29. The van der Waals surface area contributed by atoms with Crippen LogP contribution in [0.4, 0.5) is 5.13 Å². The number of rotatable bonds is 5. The molecule has 0 saturated heterocycles. The highest BCUT2D eigenvalue weighted by atomic mass is 32.1. The van der Waals surface area contributed by atoms with E-state index in [0.29, 0.717) is 23.6 Å². The van der Waals surface area contributed by atoms with Crippen LogP contribution in [-0.4, -0.2) is 30.8 Å². The Morgan fingerprint density at radius 2 is 1.79 bits per heavy atom. The van der Waals surface area contributed by atoms with E-state index in [4.69, 9.17) is 9.47 Å². The molecule has 142 valence electrons. The molecule has 0 unspecified atom stereocenters. The third kappa shape index (κ3) is 3.03. The monoisotopic (exact) mass is 394 g/mol. The minimum atomic E-state index is -0.276. The molecule has 7 heteroatoms. The lowest BCUT2D eigenvalue weighted by Crippen LogP contribution is -2.17. The summed E-state index contributed by atoms with van der Waals surface area (Å²) in [6.45, 7) is 2.42. The van der Waals surface area contributed by atoms with Crippen LogP contribution in [0.15, 0.2) is 36.4 Å². The summed E-state index contributed by atoms with van der Waals surface area (Å²) in [6.07, 6.45) is 2.52. The minimum Gasteiger partial charge on any atom is -0.496 e. The molecule has 1 aromatic heterocycles. The zero-order valence-electron chi connectivity index (χ0n) is 15.7. The summed E-state index contributed by atoms with van der Waals surface area (Å²) in [5.74, 6) is 0.186. The lowest BCUT2D eigenvalue weighted by Gasteiger charge is -2.20. The number of methoxy groups -OCH3 is 2. The maximum atomic E-state index is 12.4. The maximum absolute atomic E-state index is 12.4. The van der Waals surface area contributed by atoms with Gasteiger partial charge >= 0.3 is 0 Å². The predicted octanol–water partition coefficient (Wildman–Crippen LogP) is 4.17. The first kappa shape index (κ1) is 18.2. The molecule has 0 radical (unpaired) electrons. The van der Waals surface area contributed by atoms with Crippen molar-refractivity contribution < 1.29 is 19.1 Å². The van der Waals surface area contributed by atoms with E-state index in [1.54, 1.807) is 17.4 Å². The van der Waals surface area contributed by atoms with Crippen molar-refractivity contribution in [2.24, 2.45) is 0 Å². The smallest absolute Gasteiger partial charge is 0.190 e. The molecule has 4 rings (SSSR count). The summed E-state index contributed by atoms with van der Waals surface area (Å²) >= 11 is 1.56. The van der Waals surface area contributed by atoms with Crippen LogP contribution >= 0.6 is 11.3 Å². The van der Waals surface area contributed by atoms with Gasteiger partial charge in [-0.3, -0.25) is 9.59 Å². The molecule has 3 aromatic rings. The number of nitrogens with zero attached hydrogens (tertiary/aromatic N) is 1. The van der Waals surface area contributed by atoms with Gasteiger partial charge in [-0.2, -0.15) is 0 Å². The van der Waals surface area contributed by atoms with Gasteiger partial charge in [-0.15, -0.1) is 0 Å². The van der Waals surface area contributed by atoms with Gasteiger partial charge in [-0.05, 0) is 42.8 Å². The summed E-state index contributed by atoms with van der Waals surface area (Å²) in [5.41, 5.74) is 3.31. The molecule has 1 heterocycles. The molecule has 1 N–H and O–H groups in total. The second kappa shape index (κ2) is 7.09.